The summed E-state index contributed by atoms with van der Waals surface area (Å²) in [6.45, 7) is 5.76. The van der Waals surface area contributed by atoms with Crippen molar-refractivity contribution in [2.24, 2.45) is 4.99 Å². The Labute approximate surface area is 171 Å². The molecule has 4 heteroatoms. The van der Waals surface area contributed by atoms with Gasteiger partial charge in [-0.05, 0) is 37.1 Å². The van der Waals surface area contributed by atoms with Gasteiger partial charge < -0.3 is 9.30 Å². The van der Waals surface area contributed by atoms with E-state index in [-0.39, 0.29) is 6.04 Å². The molecule has 3 aromatic rings. The fraction of sp³-hybridized carbons (Fsp3) is 0.292. The van der Waals surface area contributed by atoms with E-state index in [1.54, 1.807) is 0 Å². The van der Waals surface area contributed by atoms with E-state index in [0.717, 1.165) is 29.6 Å². The summed E-state index contributed by atoms with van der Waals surface area (Å²) in [7, 11) is 0. The lowest BCUT2D eigenvalue weighted by Gasteiger charge is -2.09. The predicted octanol–water partition coefficient (Wildman–Crippen LogP) is 5.23. The maximum absolute atomic E-state index is 5.95. The van der Waals surface area contributed by atoms with E-state index >= 15 is 0 Å². The highest BCUT2D eigenvalue weighted by atomic mass is 32.2. The summed E-state index contributed by atoms with van der Waals surface area (Å²) in [5, 5.41) is 0. The van der Waals surface area contributed by atoms with E-state index in [1.165, 1.54) is 22.3 Å². The average molecular weight is 391 g/mol. The van der Waals surface area contributed by atoms with Crippen LogP contribution in [-0.2, 0) is 17.0 Å². The van der Waals surface area contributed by atoms with Crippen LogP contribution in [-0.4, -0.2) is 28.9 Å². The van der Waals surface area contributed by atoms with E-state index in [1.807, 2.05) is 11.8 Å². The topological polar surface area (TPSA) is 26.5 Å². The van der Waals surface area contributed by atoms with Gasteiger partial charge in [0.05, 0.1) is 6.04 Å². The van der Waals surface area contributed by atoms with Crippen molar-refractivity contribution in [3.05, 3.63) is 94.8 Å². The molecule has 28 heavy (non-hydrogen) atoms. The molecular formula is C24H26N2OS. The van der Waals surface area contributed by atoms with Gasteiger partial charge in [-0.2, -0.15) is 11.8 Å². The van der Waals surface area contributed by atoms with E-state index < -0.39 is 0 Å². The summed E-state index contributed by atoms with van der Waals surface area (Å²) in [6.07, 6.45) is 2.10. The normalized spacial score (nSPS) is 16.1. The molecule has 2 heterocycles. The number of nitrogens with zero attached hydrogens (tertiary/aromatic N) is 2. The van der Waals surface area contributed by atoms with Crippen molar-refractivity contribution in [2.75, 3.05) is 12.4 Å². The van der Waals surface area contributed by atoms with Gasteiger partial charge in [0, 0.05) is 24.2 Å². The van der Waals surface area contributed by atoms with E-state index in [4.69, 9.17) is 9.73 Å². The fourth-order valence-corrected chi connectivity index (χ4v) is 4.37. The number of aromatic nitrogens is 1. The predicted molar refractivity (Wildman–Crippen MR) is 118 cm³/mol. The standard InChI is InChI=1S/C24H26N2OS/c1-18-8-10-20(11-9-18)14-26-12-4-7-23(26)24-25-22(15-27-24)17-28-16-21-6-3-5-19(2)13-21/h3-13,22H,14-17H2,1-2H3/t22-/m1/s1. The molecule has 2 aromatic carbocycles. The maximum Gasteiger partial charge on any atom is 0.233 e. The van der Waals surface area contributed by atoms with Gasteiger partial charge in [-0.1, -0.05) is 59.7 Å². The second kappa shape index (κ2) is 8.70. The van der Waals surface area contributed by atoms with Crippen LogP contribution in [0, 0.1) is 13.8 Å². The molecule has 1 atom stereocenters. The fourth-order valence-electron chi connectivity index (χ4n) is 3.39. The minimum atomic E-state index is 0.229. The summed E-state index contributed by atoms with van der Waals surface area (Å²) < 4.78 is 8.16. The zero-order valence-electron chi connectivity index (χ0n) is 16.5. The number of rotatable bonds is 7. The average Bonchev–Trinajstić information content (AvgIpc) is 3.33. The summed E-state index contributed by atoms with van der Waals surface area (Å²) in [5.74, 6) is 2.78. The molecule has 1 aliphatic rings. The van der Waals surface area contributed by atoms with Crippen LogP contribution in [0.4, 0.5) is 0 Å². The van der Waals surface area contributed by atoms with E-state index in [9.17, 15) is 0 Å². The molecule has 1 aromatic heterocycles. The molecule has 0 unspecified atom stereocenters. The van der Waals surface area contributed by atoms with Gasteiger partial charge in [0.1, 0.15) is 12.3 Å². The SMILES string of the molecule is Cc1ccc(Cn2cccc2C2=N[C@@H](CSCc3cccc(C)c3)CO2)cc1. The third-order valence-corrected chi connectivity index (χ3v) is 6.05. The lowest BCUT2D eigenvalue weighted by Crippen LogP contribution is -2.11. The van der Waals surface area contributed by atoms with Gasteiger partial charge in [0.15, 0.2) is 0 Å². The van der Waals surface area contributed by atoms with Crippen LogP contribution in [0.15, 0.2) is 71.9 Å². The van der Waals surface area contributed by atoms with Crippen LogP contribution in [0.3, 0.4) is 0 Å². The Morgan fingerprint density at radius 3 is 2.68 bits per heavy atom. The first-order chi connectivity index (χ1) is 13.7. The Balaban J connectivity index is 1.36. The molecule has 0 radical (unpaired) electrons. The first kappa shape index (κ1) is 18.9. The van der Waals surface area contributed by atoms with Gasteiger partial charge >= 0.3 is 0 Å². The number of aryl methyl sites for hydroxylation is 2. The zero-order chi connectivity index (χ0) is 19.3. The quantitative estimate of drug-likeness (QED) is 0.552. The van der Waals surface area contributed by atoms with Gasteiger partial charge in [-0.15, -0.1) is 0 Å². The molecule has 0 fully saturated rings. The van der Waals surface area contributed by atoms with Crippen LogP contribution < -0.4 is 0 Å². The monoisotopic (exact) mass is 390 g/mol. The second-order valence-corrected chi connectivity index (χ2v) is 8.44. The number of ether oxygens (including phenoxy) is 1. The van der Waals surface area contributed by atoms with Crippen LogP contribution in [0.2, 0.25) is 0 Å². The lowest BCUT2D eigenvalue weighted by molar-refractivity contribution is 0.323. The number of hydrogen-bond acceptors (Lipinski definition) is 3. The zero-order valence-corrected chi connectivity index (χ0v) is 17.3. The molecular weight excluding hydrogens is 364 g/mol. The highest BCUT2D eigenvalue weighted by molar-refractivity contribution is 7.98. The van der Waals surface area contributed by atoms with Gasteiger partial charge in [-0.25, -0.2) is 4.99 Å². The molecule has 0 amide bonds. The highest BCUT2D eigenvalue weighted by Crippen LogP contribution is 2.20. The van der Waals surface area contributed by atoms with Crippen molar-refractivity contribution in [3.63, 3.8) is 0 Å². The molecule has 0 N–H and O–H groups in total. The summed E-state index contributed by atoms with van der Waals surface area (Å²) in [6, 6.07) is 21.8. The first-order valence-corrected chi connectivity index (χ1v) is 10.9. The minimum Gasteiger partial charge on any atom is -0.474 e. The van der Waals surface area contributed by atoms with Gasteiger partial charge in [-0.3, -0.25) is 0 Å². The Bertz CT molecular complexity index is 959. The van der Waals surface area contributed by atoms with Crippen molar-refractivity contribution >= 4 is 17.7 Å². The summed E-state index contributed by atoms with van der Waals surface area (Å²) in [5.41, 5.74) is 6.32. The smallest absolute Gasteiger partial charge is 0.233 e. The second-order valence-electron chi connectivity index (χ2n) is 7.41. The Hall–Kier alpha value is -2.46. The summed E-state index contributed by atoms with van der Waals surface area (Å²) >= 11 is 1.93. The molecule has 0 saturated carbocycles. The third-order valence-electron chi connectivity index (χ3n) is 4.90. The number of thioether (sulfide) groups is 1. The highest BCUT2D eigenvalue weighted by Gasteiger charge is 2.22. The minimum absolute atomic E-state index is 0.229. The van der Waals surface area contributed by atoms with Crippen LogP contribution in [0.1, 0.15) is 27.9 Å². The molecule has 0 saturated heterocycles. The molecule has 4 rings (SSSR count). The van der Waals surface area contributed by atoms with Gasteiger partial charge in [0.25, 0.3) is 0 Å². The third kappa shape index (κ3) is 4.68. The van der Waals surface area contributed by atoms with Crippen molar-refractivity contribution < 1.29 is 4.74 Å². The Morgan fingerprint density at radius 1 is 1.00 bits per heavy atom. The molecule has 3 nitrogen and oxygen atoms in total. The van der Waals surface area contributed by atoms with Crippen LogP contribution >= 0.6 is 11.8 Å². The first-order valence-electron chi connectivity index (χ1n) is 9.72. The molecule has 1 aliphatic heterocycles. The van der Waals surface area contributed by atoms with Crippen LogP contribution in [0.5, 0.6) is 0 Å². The Morgan fingerprint density at radius 2 is 1.86 bits per heavy atom. The van der Waals surface area contributed by atoms with Crippen molar-refractivity contribution in [1.29, 1.82) is 0 Å². The summed E-state index contributed by atoms with van der Waals surface area (Å²) in [4.78, 5) is 4.85. The maximum atomic E-state index is 5.95. The number of hydrogen-bond donors (Lipinski definition) is 0. The van der Waals surface area contributed by atoms with Crippen molar-refractivity contribution in [3.8, 4) is 0 Å². The molecule has 0 spiro atoms. The molecule has 0 bridgehead atoms. The number of benzene rings is 2. The van der Waals surface area contributed by atoms with Gasteiger partial charge in [0.2, 0.25) is 5.90 Å². The van der Waals surface area contributed by atoms with E-state index in [2.05, 4.69) is 85.3 Å². The molecule has 0 aliphatic carbocycles. The van der Waals surface area contributed by atoms with Crippen LogP contribution in [0.25, 0.3) is 0 Å². The largest absolute Gasteiger partial charge is 0.474 e. The van der Waals surface area contributed by atoms with Crippen molar-refractivity contribution in [1.82, 2.24) is 4.57 Å². The number of aliphatic imine (C=N–C) groups is 1. The lowest BCUT2D eigenvalue weighted by atomic mass is 10.1. The molecule has 144 valence electrons. The van der Waals surface area contributed by atoms with E-state index in [0.29, 0.717) is 6.61 Å². The van der Waals surface area contributed by atoms with Crippen molar-refractivity contribution in [2.45, 2.75) is 32.2 Å². The Kier molecular flexibility index (Phi) is 5.87.